The van der Waals surface area contributed by atoms with Crippen molar-refractivity contribution in [1.82, 2.24) is 9.38 Å². The molecule has 3 aromatic rings. The number of pyridine rings is 1. The van der Waals surface area contributed by atoms with Gasteiger partial charge >= 0.3 is 5.97 Å². The number of carbonyl (C=O) groups is 1. The normalized spacial score (nSPS) is 10.7. The molecule has 2 aromatic heterocycles. The molecule has 21 heavy (non-hydrogen) atoms. The molecule has 0 saturated heterocycles. The third-order valence-electron chi connectivity index (χ3n) is 3.39. The molecule has 0 unspecified atom stereocenters. The van der Waals surface area contributed by atoms with Crippen molar-refractivity contribution >= 4 is 11.5 Å². The number of aromatic nitrogens is 2. The summed E-state index contributed by atoms with van der Waals surface area (Å²) in [6.07, 6.45) is 3.96. The first-order valence-corrected chi connectivity index (χ1v) is 6.51. The minimum atomic E-state index is -0.394. The van der Waals surface area contributed by atoms with Crippen LogP contribution in [0.3, 0.4) is 0 Å². The van der Waals surface area contributed by atoms with E-state index in [-0.39, 0.29) is 5.75 Å². The van der Waals surface area contributed by atoms with Crippen molar-refractivity contribution in [3.8, 4) is 5.75 Å². The maximum absolute atomic E-state index is 11.7. The second-order valence-electron chi connectivity index (χ2n) is 4.65. The molecule has 1 aromatic carbocycles. The number of methoxy groups -OCH3 is 1. The Bertz CT molecular complexity index is 808. The summed E-state index contributed by atoms with van der Waals surface area (Å²) in [6, 6.07) is 10.6. The summed E-state index contributed by atoms with van der Waals surface area (Å²) in [4.78, 5) is 16.1. The summed E-state index contributed by atoms with van der Waals surface area (Å²) >= 11 is 0. The van der Waals surface area contributed by atoms with Crippen molar-refractivity contribution in [1.29, 1.82) is 0 Å². The zero-order valence-electron chi connectivity index (χ0n) is 11.5. The summed E-state index contributed by atoms with van der Waals surface area (Å²) < 4.78 is 6.60. The number of phenols is 1. The summed E-state index contributed by atoms with van der Waals surface area (Å²) in [5.74, 6) is 0.588. The van der Waals surface area contributed by atoms with Crippen LogP contribution in [0.4, 0.5) is 0 Å². The molecule has 0 aliphatic heterocycles. The van der Waals surface area contributed by atoms with Crippen LogP contribution in [-0.4, -0.2) is 27.6 Å². The van der Waals surface area contributed by atoms with Crippen molar-refractivity contribution < 1.29 is 14.6 Å². The molecule has 5 nitrogen and oxygen atoms in total. The predicted octanol–water partition coefficient (Wildman–Crippen LogP) is 2.42. The second-order valence-corrected chi connectivity index (χ2v) is 4.65. The van der Waals surface area contributed by atoms with E-state index < -0.39 is 5.97 Å². The molecule has 106 valence electrons. The number of carbonyl (C=O) groups excluding carboxylic acids is 1. The summed E-state index contributed by atoms with van der Waals surface area (Å²) in [5.41, 5.74) is 1.94. The fourth-order valence-corrected chi connectivity index (χ4v) is 2.32. The lowest BCUT2D eigenvalue weighted by molar-refractivity contribution is 0.0602. The quantitative estimate of drug-likeness (QED) is 0.749. The number of fused-ring (bicyclic) bond motifs is 1. The van der Waals surface area contributed by atoms with Crippen LogP contribution in [-0.2, 0) is 11.2 Å². The molecule has 0 aliphatic rings. The van der Waals surface area contributed by atoms with E-state index in [2.05, 4.69) is 4.98 Å². The maximum Gasteiger partial charge on any atom is 0.340 e. The number of hydrogen-bond donors (Lipinski definition) is 1. The topological polar surface area (TPSA) is 63.8 Å². The van der Waals surface area contributed by atoms with Crippen molar-refractivity contribution in [3.63, 3.8) is 0 Å². The lowest BCUT2D eigenvalue weighted by Crippen LogP contribution is -2.04. The van der Waals surface area contributed by atoms with E-state index in [1.165, 1.54) is 7.11 Å². The molecule has 2 heterocycles. The Labute approximate surface area is 121 Å². The van der Waals surface area contributed by atoms with Gasteiger partial charge in [0, 0.05) is 18.2 Å². The van der Waals surface area contributed by atoms with E-state index in [4.69, 9.17) is 4.74 Å². The highest BCUT2D eigenvalue weighted by Gasteiger charge is 2.14. The lowest BCUT2D eigenvalue weighted by atomic mass is 10.1. The number of benzene rings is 1. The van der Waals surface area contributed by atoms with Crippen molar-refractivity contribution in [2.24, 2.45) is 0 Å². The number of ether oxygens (including phenoxy) is 1. The van der Waals surface area contributed by atoms with E-state index in [1.807, 2.05) is 22.7 Å². The van der Waals surface area contributed by atoms with Gasteiger partial charge < -0.3 is 14.2 Å². The van der Waals surface area contributed by atoms with Gasteiger partial charge in [0.05, 0.1) is 24.4 Å². The Morgan fingerprint density at radius 1 is 1.29 bits per heavy atom. The van der Waals surface area contributed by atoms with Crippen LogP contribution in [0.25, 0.3) is 5.52 Å². The number of nitrogens with zero attached hydrogens (tertiary/aromatic N) is 2. The molecular formula is C16H14N2O3. The molecule has 0 atom stereocenters. The highest BCUT2D eigenvalue weighted by atomic mass is 16.5. The molecule has 0 fully saturated rings. The Hall–Kier alpha value is -2.82. The average molecular weight is 282 g/mol. The van der Waals surface area contributed by atoms with Crippen LogP contribution in [0.5, 0.6) is 5.75 Å². The Kier molecular flexibility index (Phi) is 3.31. The Morgan fingerprint density at radius 3 is 2.86 bits per heavy atom. The molecule has 5 heteroatoms. The van der Waals surface area contributed by atoms with Crippen molar-refractivity contribution in [2.75, 3.05) is 7.11 Å². The third kappa shape index (κ3) is 2.33. The predicted molar refractivity (Wildman–Crippen MR) is 77.4 cm³/mol. The van der Waals surface area contributed by atoms with Gasteiger partial charge in [-0.1, -0.05) is 18.2 Å². The van der Waals surface area contributed by atoms with E-state index >= 15 is 0 Å². The number of esters is 1. The zero-order valence-corrected chi connectivity index (χ0v) is 11.5. The number of rotatable bonds is 3. The molecule has 1 N–H and O–H groups in total. The first-order chi connectivity index (χ1) is 10.2. The number of phenolic OH excluding ortho intramolecular Hbond substituents is 1. The average Bonchev–Trinajstić information content (AvgIpc) is 2.92. The summed E-state index contributed by atoms with van der Waals surface area (Å²) in [6.45, 7) is 0. The summed E-state index contributed by atoms with van der Waals surface area (Å²) in [7, 11) is 1.35. The van der Waals surface area contributed by atoms with Gasteiger partial charge in [0.2, 0.25) is 0 Å². The van der Waals surface area contributed by atoms with Gasteiger partial charge in [-0.25, -0.2) is 9.78 Å². The Balaban J connectivity index is 2.05. The van der Waals surface area contributed by atoms with Crippen molar-refractivity contribution in [3.05, 3.63) is 65.7 Å². The smallest absolute Gasteiger partial charge is 0.340 e. The molecular weight excluding hydrogens is 268 g/mol. The molecule has 0 amide bonds. The first kappa shape index (κ1) is 13.2. The van der Waals surface area contributed by atoms with Crippen LogP contribution in [0.15, 0.2) is 48.8 Å². The fourth-order valence-electron chi connectivity index (χ4n) is 2.32. The van der Waals surface area contributed by atoms with Gasteiger partial charge in [0.25, 0.3) is 0 Å². The molecule has 0 bridgehead atoms. The Morgan fingerprint density at radius 2 is 2.10 bits per heavy atom. The molecule has 0 radical (unpaired) electrons. The second kappa shape index (κ2) is 5.28. The fraction of sp³-hybridized carbons (Fsp3) is 0.125. The number of aromatic hydroxyl groups is 1. The van der Waals surface area contributed by atoms with Crippen LogP contribution >= 0.6 is 0 Å². The van der Waals surface area contributed by atoms with Gasteiger partial charge in [0.15, 0.2) is 0 Å². The SMILES string of the molecule is COC(=O)c1cccn2c(Cc3ccccc3O)ncc12. The number of imidazole rings is 1. The number of para-hydroxylation sites is 1. The van der Waals surface area contributed by atoms with Crippen molar-refractivity contribution in [2.45, 2.75) is 6.42 Å². The zero-order chi connectivity index (χ0) is 14.8. The minimum Gasteiger partial charge on any atom is -0.508 e. The first-order valence-electron chi connectivity index (χ1n) is 6.51. The standard InChI is InChI=1S/C16H14N2O3/c1-21-16(20)12-6-4-8-18-13(12)10-17-15(18)9-11-5-2-3-7-14(11)19/h2-8,10,19H,9H2,1H3. The highest BCUT2D eigenvalue weighted by Crippen LogP contribution is 2.21. The molecule has 3 rings (SSSR count). The van der Waals surface area contributed by atoms with Gasteiger partial charge in [0.1, 0.15) is 11.6 Å². The van der Waals surface area contributed by atoms with Gasteiger partial charge in [-0.15, -0.1) is 0 Å². The minimum absolute atomic E-state index is 0.235. The van der Waals surface area contributed by atoms with E-state index in [9.17, 15) is 9.90 Å². The lowest BCUT2D eigenvalue weighted by Gasteiger charge is -2.06. The van der Waals surface area contributed by atoms with E-state index in [0.29, 0.717) is 17.5 Å². The molecule has 0 spiro atoms. The van der Waals surface area contributed by atoms with Crippen LogP contribution in [0.1, 0.15) is 21.7 Å². The largest absolute Gasteiger partial charge is 0.508 e. The third-order valence-corrected chi connectivity index (χ3v) is 3.39. The van der Waals surface area contributed by atoms with Crippen LogP contribution < -0.4 is 0 Å². The molecule has 0 saturated carbocycles. The summed E-state index contributed by atoms with van der Waals surface area (Å²) in [5, 5.41) is 9.85. The van der Waals surface area contributed by atoms with Crippen LogP contribution in [0.2, 0.25) is 0 Å². The molecule has 0 aliphatic carbocycles. The van der Waals surface area contributed by atoms with Gasteiger partial charge in [-0.2, -0.15) is 0 Å². The highest BCUT2D eigenvalue weighted by molar-refractivity contribution is 5.96. The monoisotopic (exact) mass is 282 g/mol. The van der Waals surface area contributed by atoms with Gasteiger partial charge in [-0.3, -0.25) is 0 Å². The van der Waals surface area contributed by atoms with Crippen LogP contribution in [0, 0.1) is 0 Å². The maximum atomic E-state index is 11.7. The van der Waals surface area contributed by atoms with Gasteiger partial charge in [-0.05, 0) is 18.2 Å². The number of hydrogen-bond acceptors (Lipinski definition) is 4. The van der Waals surface area contributed by atoms with E-state index in [1.54, 1.807) is 30.5 Å². The van der Waals surface area contributed by atoms with E-state index in [0.717, 1.165) is 11.4 Å².